The van der Waals surface area contributed by atoms with E-state index in [9.17, 15) is 4.79 Å². The maximum atomic E-state index is 12.5. The van der Waals surface area contributed by atoms with Gasteiger partial charge in [0.1, 0.15) is 0 Å². The first kappa shape index (κ1) is 18.0. The van der Waals surface area contributed by atoms with Gasteiger partial charge in [-0.2, -0.15) is 0 Å². The van der Waals surface area contributed by atoms with E-state index in [4.69, 9.17) is 0 Å². The number of thioether (sulfide) groups is 1. The van der Waals surface area contributed by atoms with Gasteiger partial charge in [-0.15, -0.1) is 0 Å². The van der Waals surface area contributed by atoms with E-state index in [2.05, 4.69) is 38.5 Å². The Kier molecular flexibility index (Phi) is 5.81. The maximum absolute atomic E-state index is 12.5. The number of benzene rings is 2. The molecule has 3 rings (SSSR count). The summed E-state index contributed by atoms with van der Waals surface area (Å²) in [7, 11) is 1.84. The van der Waals surface area contributed by atoms with E-state index >= 15 is 0 Å². The highest BCUT2D eigenvalue weighted by Crippen LogP contribution is 2.24. The maximum Gasteiger partial charge on any atom is 0.233 e. The standard InChI is InChI=1S/C19H20BrN3OS/c1-3-23-17-11-7-6-10-16(17)21-19(23)25-13-18(24)22(2)12-14-8-4-5-9-15(14)20/h4-11H,3,12-13H2,1-2H3. The lowest BCUT2D eigenvalue weighted by Gasteiger charge is -2.18. The molecule has 0 radical (unpaired) electrons. The quantitative estimate of drug-likeness (QED) is 0.551. The summed E-state index contributed by atoms with van der Waals surface area (Å²) in [6, 6.07) is 16.0. The van der Waals surface area contributed by atoms with E-state index in [0.29, 0.717) is 12.3 Å². The Morgan fingerprint density at radius 3 is 2.68 bits per heavy atom. The number of imidazole rings is 1. The third kappa shape index (κ3) is 4.07. The number of para-hydroxylation sites is 2. The second kappa shape index (κ2) is 8.06. The lowest BCUT2D eigenvalue weighted by Crippen LogP contribution is -2.28. The van der Waals surface area contributed by atoms with Gasteiger partial charge >= 0.3 is 0 Å². The van der Waals surface area contributed by atoms with Crippen LogP contribution in [0.25, 0.3) is 11.0 Å². The average molecular weight is 418 g/mol. The second-order valence-electron chi connectivity index (χ2n) is 5.76. The number of hydrogen-bond acceptors (Lipinski definition) is 3. The van der Waals surface area contributed by atoms with Gasteiger partial charge in [-0.25, -0.2) is 4.98 Å². The lowest BCUT2D eigenvalue weighted by atomic mass is 10.2. The van der Waals surface area contributed by atoms with E-state index in [1.165, 1.54) is 11.8 Å². The monoisotopic (exact) mass is 417 g/mol. The van der Waals surface area contributed by atoms with E-state index in [0.717, 1.165) is 32.8 Å². The van der Waals surface area contributed by atoms with Gasteiger partial charge in [0.15, 0.2) is 5.16 Å². The third-order valence-electron chi connectivity index (χ3n) is 4.05. The molecule has 2 aromatic carbocycles. The molecule has 0 aliphatic heterocycles. The van der Waals surface area contributed by atoms with Crippen molar-refractivity contribution in [3.05, 3.63) is 58.6 Å². The van der Waals surface area contributed by atoms with Crippen molar-refractivity contribution in [2.45, 2.75) is 25.2 Å². The zero-order chi connectivity index (χ0) is 17.8. The minimum atomic E-state index is 0.0930. The Hall–Kier alpha value is -1.79. The summed E-state index contributed by atoms with van der Waals surface area (Å²) in [6.07, 6.45) is 0. The molecule has 0 spiro atoms. The summed E-state index contributed by atoms with van der Waals surface area (Å²) < 4.78 is 3.18. The predicted molar refractivity (Wildman–Crippen MR) is 107 cm³/mol. The molecule has 0 saturated heterocycles. The van der Waals surface area contributed by atoms with Crippen LogP contribution in [0.15, 0.2) is 58.2 Å². The predicted octanol–water partition coefficient (Wildman–Crippen LogP) is 4.57. The first-order chi connectivity index (χ1) is 12.1. The Bertz CT molecular complexity index is 893. The van der Waals surface area contributed by atoms with Crippen LogP contribution in [0.3, 0.4) is 0 Å². The highest BCUT2D eigenvalue weighted by atomic mass is 79.9. The molecule has 1 heterocycles. The van der Waals surface area contributed by atoms with Crippen molar-refractivity contribution in [1.29, 1.82) is 0 Å². The van der Waals surface area contributed by atoms with Gasteiger partial charge in [-0.3, -0.25) is 4.79 Å². The number of aromatic nitrogens is 2. The molecule has 0 unspecified atom stereocenters. The molecule has 0 atom stereocenters. The summed E-state index contributed by atoms with van der Waals surface area (Å²) in [5.41, 5.74) is 3.19. The zero-order valence-electron chi connectivity index (χ0n) is 14.3. The summed E-state index contributed by atoms with van der Waals surface area (Å²) in [5, 5.41) is 0.895. The van der Waals surface area contributed by atoms with Crippen LogP contribution in [0.1, 0.15) is 12.5 Å². The Balaban J connectivity index is 1.67. The molecule has 0 aliphatic rings. The van der Waals surface area contributed by atoms with Crippen LogP contribution in [0.2, 0.25) is 0 Å². The molecule has 1 amide bonds. The zero-order valence-corrected chi connectivity index (χ0v) is 16.7. The first-order valence-electron chi connectivity index (χ1n) is 8.15. The molecule has 4 nitrogen and oxygen atoms in total. The minimum absolute atomic E-state index is 0.0930. The van der Waals surface area contributed by atoms with E-state index in [1.807, 2.05) is 49.5 Å². The largest absolute Gasteiger partial charge is 0.341 e. The lowest BCUT2D eigenvalue weighted by molar-refractivity contribution is -0.127. The minimum Gasteiger partial charge on any atom is -0.341 e. The number of rotatable bonds is 6. The summed E-state index contributed by atoms with van der Waals surface area (Å²) in [4.78, 5) is 18.9. The van der Waals surface area contributed by atoms with Crippen molar-refractivity contribution >= 4 is 44.6 Å². The number of amides is 1. The molecule has 130 valence electrons. The molecule has 0 saturated carbocycles. The summed E-state index contributed by atoms with van der Waals surface area (Å²) >= 11 is 5.03. The fraction of sp³-hybridized carbons (Fsp3) is 0.263. The van der Waals surface area contributed by atoms with E-state index in [-0.39, 0.29) is 5.91 Å². The van der Waals surface area contributed by atoms with Gasteiger partial charge in [0.25, 0.3) is 0 Å². The molecular formula is C19H20BrN3OS. The molecule has 6 heteroatoms. The van der Waals surface area contributed by atoms with Crippen LogP contribution in [0.5, 0.6) is 0 Å². The van der Waals surface area contributed by atoms with Gasteiger partial charge in [-0.1, -0.05) is 58.0 Å². The molecule has 3 aromatic rings. The topological polar surface area (TPSA) is 38.1 Å². The van der Waals surface area contributed by atoms with E-state index in [1.54, 1.807) is 4.90 Å². The SMILES string of the molecule is CCn1c(SCC(=O)N(C)Cc2ccccc2Br)nc2ccccc21. The number of hydrogen-bond donors (Lipinski definition) is 0. The van der Waals surface area contributed by atoms with E-state index < -0.39 is 0 Å². The van der Waals surface area contributed by atoms with Crippen molar-refractivity contribution < 1.29 is 4.79 Å². The van der Waals surface area contributed by atoms with Crippen molar-refractivity contribution in [3.8, 4) is 0 Å². The van der Waals surface area contributed by atoms with Gasteiger partial charge in [0.2, 0.25) is 5.91 Å². The van der Waals surface area contributed by atoms with Crippen LogP contribution in [-0.4, -0.2) is 33.2 Å². The smallest absolute Gasteiger partial charge is 0.233 e. The molecule has 0 N–H and O–H groups in total. The van der Waals surface area contributed by atoms with Crippen molar-refractivity contribution in [2.75, 3.05) is 12.8 Å². The van der Waals surface area contributed by atoms with Crippen molar-refractivity contribution in [1.82, 2.24) is 14.5 Å². The highest BCUT2D eigenvalue weighted by molar-refractivity contribution is 9.10. The molecule has 1 aromatic heterocycles. The third-order valence-corrected chi connectivity index (χ3v) is 5.79. The average Bonchev–Trinajstić information content (AvgIpc) is 2.99. The Morgan fingerprint density at radius 1 is 1.20 bits per heavy atom. The van der Waals surface area contributed by atoms with Crippen molar-refractivity contribution in [2.24, 2.45) is 0 Å². The molecule has 25 heavy (non-hydrogen) atoms. The summed E-state index contributed by atoms with van der Waals surface area (Å²) in [5.74, 6) is 0.472. The molecule has 0 bridgehead atoms. The number of halogens is 1. The molecule has 0 fully saturated rings. The van der Waals surface area contributed by atoms with Crippen molar-refractivity contribution in [3.63, 3.8) is 0 Å². The number of fused-ring (bicyclic) bond motifs is 1. The number of carbonyl (C=O) groups is 1. The van der Waals surface area contributed by atoms with Crippen LogP contribution < -0.4 is 0 Å². The van der Waals surface area contributed by atoms with Gasteiger partial charge in [0, 0.05) is 24.6 Å². The van der Waals surface area contributed by atoms with Crippen LogP contribution in [0, 0.1) is 0 Å². The Morgan fingerprint density at radius 2 is 1.92 bits per heavy atom. The van der Waals surface area contributed by atoms with Crippen LogP contribution >= 0.6 is 27.7 Å². The molecule has 0 aliphatic carbocycles. The summed E-state index contributed by atoms with van der Waals surface area (Å²) in [6.45, 7) is 3.52. The number of carbonyl (C=O) groups excluding carboxylic acids is 1. The molecular weight excluding hydrogens is 398 g/mol. The second-order valence-corrected chi connectivity index (χ2v) is 7.55. The highest BCUT2D eigenvalue weighted by Gasteiger charge is 2.15. The van der Waals surface area contributed by atoms with Gasteiger partial charge < -0.3 is 9.47 Å². The Labute approximate surface area is 160 Å². The number of nitrogens with zero attached hydrogens (tertiary/aromatic N) is 3. The normalized spacial score (nSPS) is 11.0. The fourth-order valence-corrected chi connectivity index (χ4v) is 4.11. The van der Waals surface area contributed by atoms with Crippen LogP contribution in [0.4, 0.5) is 0 Å². The number of aryl methyl sites for hydroxylation is 1. The van der Waals surface area contributed by atoms with Gasteiger partial charge in [0.05, 0.1) is 16.8 Å². The first-order valence-corrected chi connectivity index (χ1v) is 9.93. The van der Waals surface area contributed by atoms with Gasteiger partial charge in [-0.05, 0) is 30.7 Å². The van der Waals surface area contributed by atoms with Crippen LogP contribution in [-0.2, 0) is 17.9 Å². The fourth-order valence-electron chi connectivity index (χ4n) is 2.68.